The Kier molecular flexibility index (Phi) is 6.95. The van der Waals surface area contributed by atoms with Gasteiger partial charge < -0.3 is 4.90 Å². The second-order valence-corrected chi connectivity index (χ2v) is 13.7. The zero-order valence-corrected chi connectivity index (χ0v) is 23.1. The lowest BCUT2D eigenvalue weighted by Crippen LogP contribution is -2.40. The summed E-state index contributed by atoms with van der Waals surface area (Å²) in [6.07, 6.45) is 8.64. The minimum atomic E-state index is -2.98. The van der Waals surface area contributed by atoms with E-state index in [1.165, 1.54) is 23.0 Å². The second-order valence-electron chi connectivity index (χ2n) is 11.4. The van der Waals surface area contributed by atoms with Crippen LogP contribution in [0.1, 0.15) is 56.6 Å². The number of hydrogen-bond donors (Lipinski definition) is 0. The second kappa shape index (κ2) is 10.4. The topological polar surface area (TPSA) is 109 Å². The molecule has 6 rings (SSSR count). The first-order valence-corrected chi connectivity index (χ1v) is 15.8. The largest absolute Gasteiger partial charge is 0.369 e. The summed E-state index contributed by atoms with van der Waals surface area (Å²) in [5.41, 5.74) is 2.91. The molecule has 0 bridgehead atoms. The zero-order chi connectivity index (χ0) is 27.9. The highest BCUT2D eigenvalue weighted by molar-refractivity contribution is 7.91. The van der Waals surface area contributed by atoms with Crippen LogP contribution in [0.2, 0.25) is 0 Å². The fraction of sp³-hybridized carbons (Fsp3) is 0.467. The Morgan fingerprint density at radius 3 is 2.50 bits per heavy atom. The maximum Gasteiger partial charge on any atom is 0.189 e. The van der Waals surface area contributed by atoms with Crippen molar-refractivity contribution in [2.24, 2.45) is 11.3 Å². The summed E-state index contributed by atoms with van der Waals surface area (Å²) in [6.45, 7) is 0.916. The van der Waals surface area contributed by atoms with E-state index >= 15 is 0 Å². The smallest absolute Gasteiger partial charge is 0.189 e. The third kappa shape index (κ3) is 5.27. The highest BCUT2D eigenvalue weighted by Crippen LogP contribution is 2.51. The van der Waals surface area contributed by atoms with Crippen LogP contribution in [0, 0.1) is 28.5 Å². The van der Waals surface area contributed by atoms with E-state index < -0.39 is 21.1 Å². The van der Waals surface area contributed by atoms with E-state index in [9.17, 15) is 22.9 Å². The molecule has 3 heterocycles. The van der Waals surface area contributed by atoms with Crippen molar-refractivity contribution in [3.05, 3.63) is 60.3 Å². The van der Waals surface area contributed by atoms with Crippen molar-refractivity contribution in [1.29, 1.82) is 5.26 Å². The molecule has 0 radical (unpaired) electrons. The van der Waals surface area contributed by atoms with Crippen molar-refractivity contribution in [1.82, 2.24) is 14.8 Å². The van der Waals surface area contributed by atoms with Crippen molar-refractivity contribution in [3.8, 4) is 23.0 Å². The number of hydrogen-bond acceptors (Lipinski definition) is 7. The van der Waals surface area contributed by atoms with E-state index in [1.807, 2.05) is 24.3 Å². The van der Waals surface area contributed by atoms with Crippen LogP contribution in [0.4, 0.5) is 10.1 Å². The SMILES string of the molecule is N#CC1(CC(=O)[C@@H]2CCCC[C@H]2c2nn(-c3ncccc3F)cc2-c2ccc(N3CCS(=O)(=O)CC3)cc2)CC1. The van der Waals surface area contributed by atoms with Gasteiger partial charge in [-0.1, -0.05) is 25.0 Å². The number of pyridine rings is 1. The number of sulfone groups is 1. The molecule has 208 valence electrons. The highest BCUT2D eigenvalue weighted by Gasteiger charge is 2.47. The van der Waals surface area contributed by atoms with Crippen LogP contribution in [0.15, 0.2) is 48.8 Å². The van der Waals surface area contributed by atoms with Gasteiger partial charge in [0.05, 0.1) is 28.7 Å². The number of nitrogens with zero attached hydrogens (tertiary/aromatic N) is 5. The van der Waals surface area contributed by atoms with Crippen LogP contribution in [0.25, 0.3) is 16.9 Å². The first-order valence-electron chi connectivity index (χ1n) is 14.0. The molecule has 2 aliphatic carbocycles. The molecule has 40 heavy (non-hydrogen) atoms. The van der Waals surface area contributed by atoms with Gasteiger partial charge in [0.15, 0.2) is 21.5 Å². The average molecular weight is 562 g/mol. The maximum absolute atomic E-state index is 14.8. The lowest BCUT2D eigenvalue weighted by atomic mass is 9.72. The molecule has 0 unspecified atom stereocenters. The molecular weight excluding hydrogens is 529 g/mol. The van der Waals surface area contributed by atoms with E-state index in [0.29, 0.717) is 13.1 Å². The molecule has 3 aliphatic rings. The van der Waals surface area contributed by atoms with Crippen LogP contribution in [0.5, 0.6) is 0 Å². The number of nitriles is 1. The van der Waals surface area contributed by atoms with Gasteiger partial charge in [-0.3, -0.25) is 4.79 Å². The van der Waals surface area contributed by atoms with Crippen molar-refractivity contribution in [2.75, 3.05) is 29.5 Å². The van der Waals surface area contributed by atoms with E-state index in [1.54, 1.807) is 6.20 Å². The number of ketones is 1. The molecule has 3 fully saturated rings. The summed E-state index contributed by atoms with van der Waals surface area (Å²) < 4.78 is 39.9. The molecular formula is C30H32FN5O3S. The van der Waals surface area contributed by atoms with Crippen LogP contribution in [-0.4, -0.2) is 53.6 Å². The Bertz CT molecular complexity index is 1560. The molecule has 1 saturated heterocycles. The summed E-state index contributed by atoms with van der Waals surface area (Å²) in [4.78, 5) is 19.8. The average Bonchev–Trinajstić information content (AvgIpc) is 3.60. The van der Waals surface area contributed by atoms with E-state index in [-0.39, 0.29) is 41.4 Å². The molecule has 8 nitrogen and oxygen atoms in total. The number of aromatic nitrogens is 3. The van der Waals surface area contributed by atoms with Gasteiger partial charge >= 0.3 is 0 Å². The van der Waals surface area contributed by atoms with Gasteiger partial charge in [0, 0.05) is 55.0 Å². The summed E-state index contributed by atoms with van der Waals surface area (Å²) in [5, 5.41) is 14.4. The van der Waals surface area contributed by atoms with Crippen LogP contribution in [-0.2, 0) is 14.6 Å². The lowest BCUT2D eigenvalue weighted by Gasteiger charge is -2.31. The fourth-order valence-electron chi connectivity index (χ4n) is 6.15. The van der Waals surface area contributed by atoms with Crippen molar-refractivity contribution in [2.45, 2.75) is 50.9 Å². The number of rotatable bonds is 7. The molecule has 2 aromatic heterocycles. The number of halogens is 1. The standard InChI is InChI=1S/C30H32FN5O3S/c31-26-6-3-13-33-29(26)36-19-25(21-7-9-22(10-8-21)35-14-16-40(38,39)17-15-35)28(34-36)24-5-2-1-4-23(24)27(37)18-30(20-32)11-12-30/h3,6-10,13,19,23-24H,1-2,4-5,11-12,14-18H2/t23-,24-/m1/s1. The molecule has 2 saturated carbocycles. The molecule has 0 amide bonds. The summed E-state index contributed by atoms with van der Waals surface area (Å²) in [6, 6.07) is 13.1. The molecule has 10 heteroatoms. The van der Waals surface area contributed by atoms with Gasteiger partial charge in [0.1, 0.15) is 5.78 Å². The lowest BCUT2D eigenvalue weighted by molar-refractivity contribution is -0.125. The molecule has 3 aromatic rings. The number of Topliss-reactive ketones (excluding diaryl/α,β-unsaturated/α-hetero) is 1. The summed E-state index contributed by atoms with van der Waals surface area (Å²) in [7, 11) is -2.98. The predicted octanol–water partition coefficient (Wildman–Crippen LogP) is 4.84. The Hall–Kier alpha value is -3.58. The van der Waals surface area contributed by atoms with Crippen molar-refractivity contribution < 1.29 is 17.6 Å². The van der Waals surface area contributed by atoms with Gasteiger partial charge in [-0.15, -0.1) is 0 Å². The van der Waals surface area contributed by atoms with Gasteiger partial charge in [0.25, 0.3) is 0 Å². The first kappa shape index (κ1) is 26.6. The van der Waals surface area contributed by atoms with E-state index in [2.05, 4.69) is 16.0 Å². The van der Waals surface area contributed by atoms with Crippen LogP contribution < -0.4 is 4.90 Å². The first-order chi connectivity index (χ1) is 19.3. The van der Waals surface area contributed by atoms with Crippen LogP contribution >= 0.6 is 0 Å². The minimum absolute atomic E-state index is 0.0984. The predicted molar refractivity (Wildman–Crippen MR) is 149 cm³/mol. The third-order valence-electron chi connectivity index (χ3n) is 8.72. The molecule has 1 aliphatic heterocycles. The number of benzene rings is 1. The van der Waals surface area contributed by atoms with Crippen molar-refractivity contribution >= 4 is 21.3 Å². The Morgan fingerprint density at radius 2 is 1.82 bits per heavy atom. The van der Waals surface area contributed by atoms with E-state index in [0.717, 1.165) is 61.0 Å². The maximum atomic E-state index is 14.8. The number of anilines is 1. The summed E-state index contributed by atoms with van der Waals surface area (Å²) >= 11 is 0. The van der Waals surface area contributed by atoms with E-state index in [4.69, 9.17) is 5.10 Å². The minimum Gasteiger partial charge on any atom is -0.369 e. The van der Waals surface area contributed by atoms with Gasteiger partial charge in [-0.2, -0.15) is 10.4 Å². The quantitative estimate of drug-likeness (QED) is 0.406. The van der Waals surface area contributed by atoms with Gasteiger partial charge in [-0.05, 0) is 55.5 Å². The van der Waals surface area contributed by atoms with Crippen LogP contribution in [0.3, 0.4) is 0 Å². The van der Waals surface area contributed by atoms with Gasteiger partial charge in [-0.25, -0.2) is 22.5 Å². The number of carbonyl (C=O) groups is 1. The Balaban J connectivity index is 1.36. The summed E-state index contributed by atoms with van der Waals surface area (Å²) in [5.74, 6) is -0.336. The molecule has 0 spiro atoms. The molecule has 2 atom stereocenters. The zero-order valence-electron chi connectivity index (χ0n) is 22.3. The van der Waals surface area contributed by atoms with Gasteiger partial charge in [0.2, 0.25) is 0 Å². The fourth-order valence-corrected chi connectivity index (χ4v) is 7.35. The Morgan fingerprint density at radius 1 is 1.10 bits per heavy atom. The number of carbonyl (C=O) groups excluding carboxylic acids is 1. The molecule has 0 N–H and O–H groups in total. The molecule has 1 aromatic carbocycles. The third-order valence-corrected chi connectivity index (χ3v) is 10.3. The van der Waals surface area contributed by atoms with Crippen molar-refractivity contribution in [3.63, 3.8) is 0 Å². The normalized spacial score (nSPS) is 23.4. The Labute approximate surface area is 233 Å². The highest BCUT2D eigenvalue weighted by atomic mass is 32.2. The monoisotopic (exact) mass is 561 g/mol.